The van der Waals surface area contributed by atoms with E-state index in [4.69, 9.17) is 0 Å². The lowest BCUT2D eigenvalue weighted by molar-refractivity contribution is 0.371. The second-order valence-electron chi connectivity index (χ2n) is 5.98. The summed E-state index contributed by atoms with van der Waals surface area (Å²) in [5, 5.41) is 7.22. The molecule has 1 aromatic heterocycles. The predicted molar refractivity (Wildman–Crippen MR) is 84.2 cm³/mol. The molecule has 0 aliphatic carbocycles. The maximum atomic E-state index is 4.43. The normalized spacial score (nSPS) is 21.0. The van der Waals surface area contributed by atoms with Gasteiger partial charge in [-0.2, -0.15) is 0 Å². The van der Waals surface area contributed by atoms with E-state index in [-0.39, 0.29) is 0 Å². The standard InChI is InChI=1S/C16H24N4/c1-11(9-13-5-3-4-8-17-13)18-14-6-7-15-16(10-14)20-12(2)19-15/h6-7,10-11,13,17-18H,3-5,8-9H2,1-2H3,(H,19,20). The molecule has 3 rings (SSSR count). The number of aromatic nitrogens is 2. The average Bonchev–Trinajstić information content (AvgIpc) is 2.79. The first-order valence-electron chi connectivity index (χ1n) is 7.67. The number of nitrogens with zero attached hydrogens (tertiary/aromatic N) is 1. The van der Waals surface area contributed by atoms with Crippen molar-refractivity contribution in [2.75, 3.05) is 11.9 Å². The first-order valence-corrected chi connectivity index (χ1v) is 7.67. The second-order valence-corrected chi connectivity index (χ2v) is 5.98. The molecular formula is C16H24N4. The van der Waals surface area contributed by atoms with Crippen LogP contribution in [0.2, 0.25) is 0 Å². The molecule has 0 spiro atoms. The molecule has 1 fully saturated rings. The minimum Gasteiger partial charge on any atom is -0.382 e. The van der Waals surface area contributed by atoms with E-state index in [9.17, 15) is 0 Å². The minimum atomic E-state index is 0.479. The number of benzene rings is 1. The number of aromatic amines is 1. The van der Waals surface area contributed by atoms with Gasteiger partial charge in [-0.25, -0.2) is 4.98 Å². The number of anilines is 1. The van der Waals surface area contributed by atoms with E-state index >= 15 is 0 Å². The van der Waals surface area contributed by atoms with Crippen LogP contribution in [0, 0.1) is 6.92 Å². The zero-order valence-corrected chi connectivity index (χ0v) is 12.4. The molecule has 4 heteroatoms. The topological polar surface area (TPSA) is 52.7 Å². The van der Waals surface area contributed by atoms with Gasteiger partial charge in [0.1, 0.15) is 5.82 Å². The van der Waals surface area contributed by atoms with Crippen LogP contribution in [-0.2, 0) is 0 Å². The van der Waals surface area contributed by atoms with Crippen LogP contribution in [0.4, 0.5) is 5.69 Å². The summed E-state index contributed by atoms with van der Waals surface area (Å²) in [5.41, 5.74) is 3.31. The summed E-state index contributed by atoms with van der Waals surface area (Å²) in [6, 6.07) is 7.50. The Kier molecular flexibility index (Phi) is 3.92. The number of rotatable bonds is 4. The highest BCUT2D eigenvalue weighted by Crippen LogP contribution is 2.19. The van der Waals surface area contributed by atoms with E-state index in [0.29, 0.717) is 12.1 Å². The predicted octanol–water partition coefficient (Wildman–Crippen LogP) is 3.20. The maximum absolute atomic E-state index is 4.43. The molecule has 0 amide bonds. The molecule has 108 valence electrons. The molecule has 1 aliphatic rings. The van der Waals surface area contributed by atoms with Crippen LogP contribution in [0.1, 0.15) is 38.4 Å². The molecule has 0 saturated carbocycles. The fourth-order valence-electron chi connectivity index (χ4n) is 3.12. The van der Waals surface area contributed by atoms with E-state index in [2.05, 4.69) is 45.7 Å². The van der Waals surface area contributed by atoms with Crippen LogP contribution in [0.25, 0.3) is 11.0 Å². The van der Waals surface area contributed by atoms with Gasteiger partial charge in [0.25, 0.3) is 0 Å². The Hall–Kier alpha value is -1.55. The number of H-pyrrole nitrogens is 1. The second kappa shape index (κ2) is 5.83. The van der Waals surface area contributed by atoms with E-state index in [1.165, 1.54) is 37.9 Å². The van der Waals surface area contributed by atoms with Gasteiger partial charge in [0.2, 0.25) is 0 Å². The first kappa shape index (κ1) is 13.4. The molecule has 0 bridgehead atoms. The summed E-state index contributed by atoms with van der Waals surface area (Å²) in [5.74, 6) is 0.969. The summed E-state index contributed by atoms with van der Waals surface area (Å²) in [6.45, 7) is 5.43. The van der Waals surface area contributed by atoms with Crippen LogP contribution in [-0.4, -0.2) is 28.6 Å². The Labute approximate surface area is 120 Å². The molecule has 20 heavy (non-hydrogen) atoms. The van der Waals surface area contributed by atoms with Gasteiger partial charge in [-0.1, -0.05) is 6.42 Å². The van der Waals surface area contributed by atoms with Crippen molar-refractivity contribution < 1.29 is 0 Å². The van der Waals surface area contributed by atoms with Crippen molar-refractivity contribution in [3.05, 3.63) is 24.0 Å². The van der Waals surface area contributed by atoms with Gasteiger partial charge in [0, 0.05) is 17.8 Å². The van der Waals surface area contributed by atoms with Gasteiger partial charge in [-0.15, -0.1) is 0 Å². The van der Waals surface area contributed by atoms with Gasteiger partial charge in [-0.3, -0.25) is 0 Å². The highest BCUT2D eigenvalue weighted by Gasteiger charge is 2.15. The fourth-order valence-corrected chi connectivity index (χ4v) is 3.12. The van der Waals surface area contributed by atoms with Crippen LogP contribution >= 0.6 is 0 Å². The molecule has 2 unspecified atom stereocenters. The van der Waals surface area contributed by atoms with E-state index in [1.54, 1.807) is 0 Å². The van der Waals surface area contributed by atoms with E-state index in [0.717, 1.165) is 16.9 Å². The van der Waals surface area contributed by atoms with Crippen molar-refractivity contribution in [1.82, 2.24) is 15.3 Å². The van der Waals surface area contributed by atoms with Crippen LogP contribution < -0.4 is 10.6 Å². The zero-order valence-electron chi connectivity index (χ0n) is 12.4. The third kappa shape index (κ3) is 3.12. The Morgan fingerprint density at radius 2 is 2.30 bits per heavy atom. The molecule has 0 radical (unpaired) electrons. The molecule has 2 atom stereocenters. The van der Waals surface area contributed by atoms with Crippen molar-refractivity contribution in [3.8, 4) is 0 Å². The highest BCUT2D eigenvalue weighted by atomic mass is 15.0. The Bertz CT molecular complexity index is 569. The lowest BCUT2D eigenvalue weighted by atomic mass is 9.98. The van der Waals surface area contributed by atoms with Crippen molar-refractivity contribution in [3.63, 3.8) is 0 Å². The first-order chi connectivity index (χ1) is 9.70. The van der Waals surface area contributed by atoms with Crippen molar-refractivity contribution in [2.45, 2.75) is 51.6 Å². The van der Waals surface area contributed by atoms with E-state index in [1.807, 2.05) is 6.92 Å². The Morgan fingerprint density at radius 1 is 1.40 bits per heavy atom. The number of hydrogen-bond donors (Lipinski definition) is 3. The number of imidazole rings is 1. The summed E-state index contributed by atoms with van der Waals surface area (Å²) in [7, 11) is 0. The summed E-state index contributed by atoms with van der Waals surface area (Å²) in [4.78, 5) is 7.72. The fraction of sp³-hybridized carbons (Fsp3) is 0.562. The third-order valence-electron chi connectivity index (χ3n) is 4.06. The monoisotopic (exact) mass is 272 g/mol. The van der Waals surface area contributed by atoms with Crippen LogP contribution in [0.3, 0.4) is 0 Å². The Balaban J connectivity index is 1.62. The minimum absolute atomic E-state index is 0.479. The molecular weight excluding hydrogens is 248 g/mol. The quantitative estimate of drug-likeness (QED) is 0.801. The molecule has 1 saturated heterocycles. The highest BCUT2D eigenvalue weighted by molar-refractivity contribution is 5.79. The van der Waals surface area contributed by atoms with Crippen molar-refractivity contribution in [1.29, 1.82) is 0 Å². The van der Waals surface area contributed by atoms with E-state index < -0.39 is 0 Å². The largest absolute Gasteiger partial charge is 0.382 e. The van der Waals surface area contributed by atoms with Gasteiger partial charge in [-0.05, 0) is 57.9 Å². The van der Waals surface area contributed by atoms with Crippen LogP contribution in [0.15, 0.2) is 18.2 Å². The van der Waals surface area contributed by atoms with Gasteiger partial charge >= 0.3 is 0 Å². The third-order valence-corrected chi connectivity index (χ3v) is 4.06. The Morgan fingerprint density at radius 3 is 3.10 bits per heavy atom. The maximum Gasteiger partial charge on any atom is 0.104 e. The number of fused-ring (bicyclic) bond motifs is 1. The number of nitrogens with one attached hydrogen (secondary N) is 3. The summed E-state index contributed by atoms with van der Waals surface area (Å²) >= 11 is 0. The molecule has 4 nitrogen and oxygen atoms in total. The van der Waals surface area contributed by atoms with Gasteiger partial charge < -0.3 is 15.6 Å². The molecule has 1 aliphatic heterocycles. The number of aryl methyl sites for hydroxylation is 1. The average molecular weight is 272 g/mol. The van der Waals surface area contributed by atoms with Crippen molar-refractivity contribution >= 4 is 16.7 Å². The molecule has 3 N–H and O–H groups in total. The number of hydrogen-bond acceptors (Lipinski definition) is 3. The molecule has 2 heterocycles. The van der Waals surface area contributed by atoms with Gasteiger partial charge in [0.05, 0.1) is 11.0 Å². The summed E-state index contributed by atoms with van der Waals surface area (Å²) in [6.07, 6.45) is 5.18. The SMILES string of the molecule is Cc1nc2ccc(NC(C)CC3CCCCN3)cc2[nH]1. The lowest BCUT2D eigenvalue weighted by Gasteiger charge is -2.27. The van der Waals surface area contributed by atoms with Crippen LogP contribution in [0.5, 0.6) is 0 Å². The molecule has 1 aromatic carbocycles. The van der Waals surface area contributed by atoms with Crippen molar-refractivity contribution in [2.24, 2.45) is 0 Å². The number of piperidine rings is 1. The van der Waals surface area contributed by atoms with Gasteiger partial charge in [0.15, 0.2) is 0 Å². The molecule has 2 aromatic rings. The zero-order chi connectivity index (χ0) is 13.9. The smallest absolute Gasteiger partial charge is 0.104 e. The summed E-state index contributed by atoms with van der Waals surface area (Å²) < 4.78 is 0. The lowest BCUT2D eigenvalue weighted by Crippen LogP contribution is -2.37.